The fourth-order valence-electron chi connectivity index (χ4n) is 0.858. The number of rotatable bonds is 2. The highest BCUT2D eigenvalue weighted by molar-refractivity contribution is 5.41. The maximum Gasteiger partial charge on any atom is 0.163 e. The standard InChI is InChI=1S/C11H10N2O/c1-4-11(2,3)14-10-8-13-6-5-9(10)7-12/h1,5-6,8H,2-3H3. The topological polar surface area (TPSA) is 45.9 Å². The second-order valence-corrected chi connectivity index (χ2v) is 3.24. The van der Waals surface area contributed by atoms with Crippen molar-refractivity contribution in [3.63, 3.8) is 0 Å². The van der Waals surface area contributed by atoms with Gasteiger partial charge in [0.1, 0.15) is 6.07 Å². The number of nitriles is 1. The van der Waals surface area contributed by atoms with Gasteiger partial charge < -0.3 is 4.74 Å². The predicted octanol–water partition coefficient (Wildman–Crippen LogP) is 1.74. The molecule has 3 nitrogen and oxygen atoms in total. The van der Waals surface area contributed by atoms with E-state index in [1.165, 1.54) is 12.4 Å². The van der Waals surface area contributed by atoms with Crippen molar-refractivity contribution in [2.75, 3.05) is 0 Å². The lowest BCUT2D eigenvalue weighted by Gasteiger charge is -2.20. The van der Waals surface area contributed by atoms with Gasteiger partial charge in [-0.15, -0.1) is 6.42 Å². The molecule has 0 amide bonds. The Balaban J connectivity index is 3.00. The molecule has 0 aliphatic carbocycles. The van der Waals surface area contributed by atoms with Gasteiger partial charge in [0.05, 0.1) is 11.8 Å². The van der Waals surface area contributed by atoms with Crippen LogP contribution in [-0.2, 0) is 0 Å². The maximum absolute atomic E-state index is 8.78. The van der Waals surface area contributed by atoms with Crippen LogP contribution in [0.15, 0.2) is 18.5 Å². The second-order valence-electron chi connectivity index (χ2n) is 3.24. The first-order valence-electron chi connectivity index (χ1n) is 4.10. The summed E-state index contributed by atoms with van der Waals surface area (Å²) in [7, 11) is 0. The van der Waals surface area contributed by atoms with Gasteiger partial charge in [-0.05, 0) is 19.9 Å². The van der Waals surface area contributed by atoms with Crippen molar-refractivity contribution in [3.8, 4) is 24.2 Å². The van der Waals surface area contributed by atoms with E-state index in [1.807, 2.05) is 6.07 Å². The van der Waals surface area contributed by atoms with E-state index in [-0.39, 0.29) is 0 Å². The van der Waals surface area contributed by atoms with Gasteiger partial charge in [-0.25, -0.2) is 0 Å². The van der Waals surface area contributed by atoms with Gasteiger partial charge in [-0.1, -0.05) is 5.92 Å². The van der Waals surface area contributed by atoms with Crippen LogP contribution in [-0.4, -0.2) is 10.6 Å². The summed E-state index contributed by atoms with van der Waals surface area (Å²) >= 11 is 0. The summed E-state index contributed by atoms with van der Waals surface area (Å²) in [5.74, 6) is 2.90. The zero-order valence-electron chi connectivity index (χ0n) is 8.11. The summed E-state index contributed by atoms with van der Waals surface area (Å²) in [6.07, 6.45) is 8.29. The van der Waals surface area contributed by atoms with Gasteiger partial charge in [0.15, 0.2) is 11.4 Å². The fraction of sp³-hybridized carbons (Fsp3) is 0.273. The molecule has 3 heteroatoms. The van der Waals surface area contributed by atoms with Crippen LogP contribution in [0.25, 0.3) is 0 Å². The predicted molar refractivity (Wildman–Crippen MR) is 52.5 cm³/mol. The number of hydrogen-bond donors (Lipinski definition) is 0. The third-order valence-corrected chi connectivity index (χ3v) is 1.62. The molecule has 0 saturated carbocycles. The first kappa shape index (κ1) is 10.1. The summed E-state index contributed by atoms with van der Waals surface area (Å²) in [5, 5.41) is 8.78. The number of pyridine rings is 1. The monoisotopic (exact) mass is 186 g/mol. The molecule has 0 fully saturated rings. The molecule has 14 heavy (non-hydrogen) atoms. The molecule has 1 aromatic rings. The van der Waals surface area contributed by atoms with E-state index in [1.54, 1.807) is 19.9 Å². The normalized spacial score (nSPS) is 10.0. The number of aromatic nitrogens is 1. The summed E-state index contributed by atoms with van der Waals surface area (Å²) in [4.78, 5) is 3.87. The number of terminal acetylenes is 1. The third-order valence-electron chi connectivity index (χ3n) is 1.62. The lowest BCUT2D eigenvalue weighted by molar-refractivity contribution is 0.171. The molecule has 1 rings (SSSR count). The smallest absolute Gasteiger partial charge is 0.163 e. The van der Waals surface area contributed by atoms with Crippen LogP contribution in [0.3, 0.4) is 0 Å². The maximum atomic E-state index is 8.78. The fourth-order valence-corrected chi connectivity index (χ4v) is 0.858. The van der Waals surface area contributed by atoms with Crippen LogP contribution in [0.5, 0.6) is 5.75 Å². The van der Waals surface area contributed by atoms with Crippen LogP contribution in [0, 0.1) is 23.7 Å². The average Bonchev–Trinajstić information content (AvgIpc) is 2.18. The minimum atomic E-state index is -0.728. The third kappa shape index (κ3) is 2.24. The van der Waals surface area contributed by atoms with Crippen molar-refractivity contribution in [1.82, 2.24) is 4.98 Å². The number of ether oxygens (including phenoxy) is 1. The van der Waals surface area contributed by atoms with Gasteiger partial charge in [-0.2, -0.15) is 5.26 Å². The van der Waals surface area contributed by atoms with Gasteiger partial charge in [0.25, 0.3) is 0 Å². The Morgan fingerprint density at radius 3 is 2.86 bits per heavy atom. The highest BCUT2D eigenvalue weighted by atomic mass is 16.5. The van der Waals surface area contributed by atoms with E-state index in [9.17, 15) is 0 Å². The molecule has 0 aliphatic heterocycles. The van der Waals surface area contributed by atoms with Crippen LogP contribution >= 0.6 is 0 Å². The van der Waals surface area contributed by atoms with Crippen molar-refractivity contribution >= 4 is 0 Å². The van der Waals surface area contributed by atoms with Crippen molar-refractivity contribution < 1.29 is 4.74 Å². The molecular formula is C11H10N2O. The lowest BCUT2D eigenvalue weighted by Crippen LogP contribution is -2.25. The Labute approximate surface area is 83.3 Å². The highest BCUT2D eigenvalue weighted by Crippen LogP contribution is 2.20. The highest BCUT2D eigenvalue weighted by Gasteiger charge is 2.17. The average molecular weight is 186 g/mol. The molecule has 0 saturated heterocycles. The second kappa shape index (κ2) is 3.81. The molecule has 0 spiro atoms. The zero-order valence-corrected chi connectivity index (χ0v) is 8.11. The van der Waals surface area contributed by atoms with E-state index >= 15 is 0 Å². The Bertz CT molecular complexity index is 410. The quantitative estimate of drug-likeness (QED) is 0.661. The molecule has 0 radical (unpaired) electrons. The molecule has 0 N–H and O–H groups in total. The first-order valence-corrected chi connectivity index (χ1v) is 4.10. The molecule has 1 heterocycles. The summed E-state index contributed by atoms with van der Waals surface area (Å²) in [6, 6.07) is 3.59. The van der Waals surface area contributed by atoms with Gasteiger partial charge in [-0.3, -0.25) is 4.98 Å². The van der Waals surface area contributed by atoms with Crippen LogP contribution < -0.4 is 4.74 Å². The van der Waals surface area contributed by atoms with E-state index in [2.05, 4.69) is 10.9 Å². The largest absolute Gasteiger partial charge is 0.472 e. The van der Waals surface area contributed by atoms with E-state index in [4.69, 9.17) is 16.4 Å². The van der Waals surface area contributed by atoms with Crippen LogP contribution in [0.1, 0.15) is 19.4 Å². The first-order chi connectivity index (χ1) is 6.59. The van der Waals surface area contributed by atoms with E-state index in [0.717, 1.165) is 0 Å². The van der Waals surface area contributed by atoms with Crippen molar-refractivity contribution in [3.05, 3.63) is 24.0 Å². The van der Waals surface area contributed by atoms with Gasteiger partial charge >= 0.3 is 0 Å². The molecule has 0 unspecified atom stereocenters. The SMILES string of the molecule is C#CC(C)(C)Oc1cnccc1C#N. The van der Waals surface area contributed by atoms with Crippen LogP contribution in [0.4, 0.5) is 0 Å². The Morgan fingerprint density at radius 1 is 1.57 bits per heavy atom. The molecule has 1 aromatic heterocycles. The number of hydrogen-bond acceptors (Lipinski definition) is 3. The molecule has 0 atom stereocenters. The van der Waals surface area contributed by atoms with E-state index in [0.29, 0.717) is 11.3 Å². The molecular weight excluding hydrogens is 176 g/mol. The Morgan fingerprint density at radius 2 is 2.29 bits per heavy atom. The van der Waals surface area contributed by atoms with Crippen molar-refractivity contribution in [2.45, 2.75) is 19.4 Å². The van der Waals surface area contributed by atoms with Gasteiger partial charge in [0, 0.05) is 6.20 Å². The molecule has 0 aliphatic rings. The van der Waals surface area contributed by atoms with E-state index < -0.39 is 5.60 Å². The summed E-state index contributed by atoms with van der Waals surface area (Å²) in [6.45, 7) is 3.50. The molecule has 70 valence electrons. The summed E-state index contributed by atoms with van der Waals surface area (Å²) in [5.41, 5.74) is -0.294. The number of nitrogens with zero attached hydrogens (tertiary/aromatic N) is 2. The summed E-state index contributed by atoms with van der Waals surface area (Å²) < 4.78 is 5.45. The lowest BCUT2D eigenvalue weighted by atomic mass is 10.1. The van der Waals surface area contributed by atoms with Gasteiger partial charge in [0.2, 0.25) is 0 Å². The van der Waals surface area contributed by atoms with Crippen molar-refractivity contribution in [1.29, 1.82) is 5.26 Å². The minimum absolute atomic E-state index is 0.415. The molecule has 0 aromatic carbocycles. The van der Waals surface area contributed by atoms with Crippen LogP contribution in [0.2, 0.25) is 0 Å². The Hall–Kier alpha value is -2.00. The molecule has 0 bridgehead atoms. The Kier molecular flexibility index (Phi) is 2.74. The zero-order chi connectivity index (χ0) is 10.6. The van der Waals surface area contributed by atoms with Crippen molar-refractivity contribution in [2.24, 2.45) is 0 Å². The minimum Gasteiger partial charge on any atom is -0.472 e.